The van der Waals surface area contributed by atoms with Crippen molar-refractivity contribution in [3.8, 4) is 0 Å². The molecule has 3 heterocycles. The minimum Gasteiger partial charge on any atom is -0.359 e. The van der Waals surface area contributed by atoms with E-state index in [9.17, 15) is 4.79 Å². The van der Waals surface area contributed by atoms with Gasteiger partial charge in [0.05, 0.1) is 24.1 Å². The fourth-order valence-corrected chi connectivity index (χ4v) is 3.26. The second-order valence-corrected chi connectivity index (χ2v) is 6.57. The number of carbonyl (C=O) groups is 1. The number of carbonyl (C=O) groups excluding carboxylic acids is 1. The number of fused-ring (bicyclic) bond motifs is 1. The second kappa shape index (κ2) is 7.67. The lowest BCUT2D eigenvalue weighted by atomic mass is 10.3. The van der Waals surface area contributed by atoms with Gasteiger partial charge in [-0.25, -0.2) is 4.98 Å². The molecule has 0 saturated carbocycles. The second-order valence-electron chi connectivity index (χ2n) is 6.57. The standard InChI is InChI=1S/C20H22N6O2/c1-3-24(11-12-25-10-6-9-21-25)20(27)18-13-16(28-23-18)14-26-15(2)22-17-7-4-5-8-19(17)26/h4-10,13H,3,11-12,14H2,1-2H3. The SMILES string of the molecule is CCN(CCn1cccn1)C(=O)c1cc(Cn2c(C)nc3ccccc32)on1. The van der Waals surface area contributed by atoms with Crippen molar-refractivity contribution in [3.63, 3.8) is 0 Å². The molecule has 4 aromatic rings. The molecule has 1 aromatic carbocycles. The molecule has 0 bridgehead atoms. The molecule has 0 aliphatic rings. The zero-order chi connectivity index (χ0) is 19.5. The van der Waals surface area contributed by atoms with Crippen LogP contribution in [-0.4, -0.2) is 48.4 Å². The molecule has 3 aromatic heterocycles. The number of benzene rings is 1. The molecule has 0 unspecified atom stereocenters. The van der Waals surface area contributed by atoms with Crippen molar-refractivity contribution in [1.29, 1.82) is 0 Å². The topological polar surface area (TPSA) is 82.0 Å². The Morgan fingerprint density at radius 2 is 2.11 bits per heavy atom. The number of aromatic nitrogens is 5. The van der Waals surface area contributed by atoms with E-state index in [2.05, 4.69) is 19.8 Å². The third-order valence-electron chi connectivity index (χ3n) is 4.76. The average molecular weight is 378 g/mol. The maximum atomic E-state index is 12.8. The van der Waals surface area contributed by atoms with Gasteiger partial charge in [0.2, 0.25) is 0 Å². The highest BCUT2D eigenvalue weighted by Gasteiger charge is 2.19. The Kier molecular flexibility index (Phi) is 4.92. The van der Waals surface area contributed by atoms with E-state index < -0.39 is 0 Å². The molecule has 8 nitrogen and oxygen atoms in total. The van der Waals surface area contributed by atoms with Crippen LogP contribution in [-0.2, 0) is 13.1 Å². The molecule has 0 N–H and O–H groups in total. The third-order valence-corrected chi connectivity index (χ3v) is 4.76. The lowest BCUT2D eigenvalue weighted by molar-refractivity contribution is 0.0747. The van der Waals surface area contributed by atoms with Gasteiger partial charge in [-0.15, -0.1) is 0 Å². The highest BCUT2D eigenvalue weighted by atomic mass is 16.5. The summed E-state index contributed by atoms with van der Waals surface area (Å²) in [5.74, 6) is 1.37. The molecule has 4 rings (SSSR count). The summed E-state index contributed by atoms with van der Waals surface area (Å²) in [6.45, 7) is 6.17. The van der Waals surface area contributed by atoms with Crippen molar-refractivity contribution in [2.24, 2.45) is 0 Å². The Morgan fingerprint density at radius 3 is 2.89 bits per heavy atom. The van der Waals surface area contributed by atoms with Gasteiger partial charge in [0.15, 0.2) is 11.5 Å². The average Bonchev–Trinajstić information content (AvgIpc) is 3.44. The van der Waals surface area contributed by atoms with Gasteiger partial charge in [-0.2, -0.15) is 5.10 Å². The molecule has 28 heavy (non-hydrogen) atoms. The lowest BCUT2D eigenvalue weighted by Gasteiger charge is -2.19. The summed E-state index contributed by atoms with van der Waals surface area (Å²) >= 11 is 0. The van der Waals surface area contributed by atoms with Crippen LogP contribution in [0.25, 0.3) is 11.0 Å². The molecule has 0 saturated heterocycles. The highest BCUT2D eigenvalue weighted by molar-refractivity contribution is 5.92. The highest BCUT2D eigenvalue weighted by Crippen LogP contribution is 2.18. The van der Waals surface area contributed by atoms with Gasteiger partial charge >= 0.3 is 0 Å². The molecule has 0 spiro atoms. The first kappa shape index (κ1) is 18.0. The van der Waals surface area contributed by atoms with Crippen LogP contribution in [0, 0.1) is 6.92 Å². The number of hydrogen-bond acceptors (Lipinski definition) is 5. The van der Waals surface area contributed by atoms with E-state index in [4.69, 9.17) is 4.52 Å². The van der Waals surface area contributed by atoms with E-state index in [-0.39, 0.29) is 5.91 Å². The van der Waals surface area contributed by atoms with Gasteiger partial charge in [0.1, 0.15) is 5.82 Å². The summed E-state index contributed by atoms with van der Waals surface area (Å²) in [5, 5.41) is 8.17. The van der Waals surface area contributed by atoms with E-state index in [0.717, 1.165) is 16.9 Å². The molecule has 0 aliphatic carbocycles. The predicted octanol–water partition coefficient (Wildman–Crippen LogP) is 2.74. The number of nitrogens with zero attached hydrogens (tertiary/aromatic N) is 6. The zero-order valence-electron chi connectivity index (χ0n) is 15.9. The van der Waals surface area contributed by atoms with E-state index in [1.807, 2.05) is 50.4 Å². The van der Waals surface area contributed by atoms with Crippen molar-refractivity contribution in [2.45, 2.75) is 26.9 Å². The molecular weight excluding hydrogens is 356 g/mol. The largest absolute Gasteiger partial charge is 0.359 e. The molecule has 1 amide bonds. The Hall–Kier alpha value is -3.42. The van der Waals surface area contributed by atoms with Crippen LogP contribution in [0.2, 0.25) is 0 Å². The number of likely N-dealkylation sites (N-methyl/N-ethyl adjacent to an activating group) is 1. The smallest absolute Gasteiger partial charge is 0.276 e. The molecule has 144 valence electrons. The summed E-state index contributed by atoms with van der Waals surface area (Å²) in [6.07, 6.45) is 3.61. The van der Waals surface area contributed by atoms with E-state index >= 15 is 0 Å². The first-order chi connectivity index (χ1) is 13.7. The normalized spacial score (nSPS) is 11.2. The summed E-state index contributed by atoms with van der Waals surface area (Å²) in [4.78, 5) is 19.1. The minimum absolute atomic E-state index is 0.142. The van der Waals surface area contributed by atoms with Crippen LogP contribution in [0.5, 0.6) is 0 Å². The summed E-state index contributed by atoms with van der Waals surface area (Å²) in [5.41, 5.74) is 2.28. The lowest BCUT2D eigenvalue weighted by Crippen LogP contribution is -2.34. The first-order valence-electron chi connectivity index (χ1n) is 9.30. The van der Waals surface area contributed by atoms with Crippen molar-refractivity contribution in [1.82, 2.24) is 29.4 Å². The molecule has 0 radical (unpaired) electrons. The Bertz CT molecular complexity index is 1080. The third kappa shape index (κ3) is 3.53. The van der Waals surface area contributed by atoms with Crippen LogP contribution in [0.3, 0.4) is 0 Å². The van der Waals surface area contributed by atoms with Crippen molar-refractivity contribution in [2.75, 3.05) is 13.1 Å². The molecule has 8 heteroatoms. The number of imidazole rings is 1. The van der Waals surface area contributed by atoms with Crippen molar-refractivity contribution >= 4 is 16.9 Å². The maximum absolute atomic E-state index is 12.8. The van der Waals surface area contributed by atoms with Crippen LogP contribution in [0.15, 0.2) is 53.3 Å². The number of amides is 1. The maximum Gasteiger partial charge on any atom is 0.276 e. The quantitative estimate of drug-likeness (QED) is 0.494. The number of aryl methyl sites for hydroxylation is 1. The predicted molar refractivity (Wildman–Crippen MR) is 104 cm³/mol. The van der Waals surface area contributed by atoms with Crippen LogP contribution < -0.4 is 0 Å². The number of para-hydroxylation sites is 2. The summed E-state index contributed by atoms with van der Waals surface area (Å²) in [6, 6.07) is 11.5. The van der Waals surface area contributed by atoms with Gasteiger partial charge in [-0.3, -0.25) is 9.48 Å². The van der Waals surface area contributed by atoms with Gasteiger partial charge in [-0.1, -0.05) is 17.3 Å². The fourth-order valence-electron chi connectivity index (χ4n) is 3.26. The monoisotopic (exact) mass is 378 g/mol. The van der Waals surface area contributed by atoms with Gasteiger partial charge in [-0.05, 0) is 32.0 Å². The molecular formula is C20H22N6O2. The van der Waals surface area contributed by atoms with Gasteiger partial charge in [0, 0.05) is 31.5 Å². The van der Waals surface area contributed by atoms with Gasteiger partial charge < -0.3 is 14.0 Å². The number of hydrogen-bond donors (Lipinski definition) is 0. The van der Waals surface area contributed by atoms with Crippen LogP contribution >= 0.6 is 0 Å². The zero-order valence-corrected chi connectivity index (χ0v) is 15.9. The number of rotatable bonds is 7. The minimum atomic E-state index is -0.142. The van der Waals surface area contributed by atoms with E-state index in [1.54, 1.807) is 21.8 Å². The van der Waals surface area contributed by atoms with Crippen molar-refractivity contribution < 1.29 is 9.32 Å². The first-order valence-corrected chi connectivity index (χ1v) is 9.30. The summed E-state index contributed by atoms with van der Waals surface area (Å²) < 4.78 is 9.30. The molecule has 0 fully saturated rings. The Balaban J connectivity index is 1.48. The molecule has 0 atom stereocenters. The van der Waals surface area contributed by atoms with E-state index in [0.29, 0.717) is 37.6 Å². The fraction of sp³-hybridized carbons (Fsp3) is 0.300. The van der Waals surface area contributed by atoms with Crippen LogP contribution in [0.1, 0.15) is 29.0 Å². The van der Waals surface area contributed by atoms with E-state index in [1.165, 1.54) is 0 Å². The Labute approximate surface area is 162 Å². The van der Waals surface area contributed by atoms with Crippen molar-refractivity contribution in [3.05, 3.63) is 66.1 Å². The molecule has 0 aliphatic heterocycles. The summed E-state index contributed by atoms with van der Waals surface area (Å²) in [7, 11) is 0. The van der Waals surface area contributed by atoms with Crippen LogP contribution in [0.4, 0.5) is 0 Å². The Morgan fingerprint density at radius 1 is 1.25 bits per heavy atom. The van der Waals surface area contributed by atoms with Gasteiger partial charge in [0.25, 0.3) is 5.91 Å².